The lowest BCUT2D eigenvalue weighted by molar-refractivity contribution is -0.124. The molecule has 0 radical (unpaired) electrons. The molecule has 0 heterocycles. The lowest BCUT2D eigenvalue weighted by Gasteiger charge is -2.19. The Morgan fingerprint density at radius 3 is 2.27 bits per heavy atom. The fraction of sp³-hybridized carbons (Fsp3) is 0.917. The number of amides is 1. The van der Waals surface area contributed by atoms with Gasteiger partial charge in [-0.1, -0.05) is 27.2 Å². The minimum atomic E-state index is -0.716. The average molecular weight is 217 g/mol. The van der Waals surface area contributed by atoms with Gasteiger partial charge >= 0.3 is 0 Å². The van der Waals surface area contributed by atoms with E-state index in [0.717, 1.165) is 19.3 Å². The van der Waals surface area contributed by atoms with E-state index < -0.39 is 6.17 Å². The zero-order valence-corrected chi connectivity index (χ0v) is 10.3. The molecule has 1 amide bonds. The van der Waals surface area contributed by atoms with Gasteiger partial charge in [0.05, 0.1) is 0 Å². The van der Waals surface area contributed by atoms with Gasteiger partial charge in [-0.3, -0.25) is 4.79 Å². The van der Waals surface area contributed by atoms with E-state index in [2.05, 4.69) is 5.32 Å². The number of hydrogen-bond acceptors (Lipinski definition) is 1. The average Bonchev–Trinajstić information content (AvgIpc) is 2.27. The van der Waals surface area contributed by atoms with Gasteiger partial charge in [-0.2, -0.15) is 0 Å². The molecule has 0 spiro atoms. The van der Waals surface area contributed by atoms with Gasteiger partial charge in [-0.05, 0) is 25.2 Å². The van der Waals surface area contributed by atoms with Crippen LogP contribution in [-0.2, 0) is 4.79 Å². The van der Waals surface area contributed by atoms with Crippen molar-refractivity contribution in [3.8, 4) is 0 Å². The maximum absolute atomic E-state index is 13.4. The van der Waals surface area contributed by atoms with Gasteiger partial charge in [-0.15, -0.1) is 0 Å². The molecule has 0 aromatic heterocycles. The summed E-state index contributed by atoms with van der Waals surface area (Å²) >= 11 is 0. The molecule has 0 aliphatic heterocycles. The summed E-state index contributed by atoms with van der Waals surface area (Å²) in [6.45, 7) is 5.78. The van der Waals surface area contributed by atoms with Crippen molar-refractivity contribution in [2.75, 3.05) is 7.05 Å². The van der Waals surface area contributed by atoms with Crippen molar-refractivity contribution in [3.63, 3.8) is 0 Å². The van der Waals surface area contributed by atoms with Gasteiger partial charge in [0.15, 0.2) is 0 Å². The number of carbonyl (C=O) groups is 1. The second-order valence-electron chi connectivity index (χ2n) is 4.19. The van der Waals surface area contributed by atoms with Crippen LogP contribution < -0.4 is 5.32 Å². The highest BCUT2D eigenvalue weighted by atomic mass is 19.1. The van der Waals surface area contributed by atoms with Crippen molar-refractivity contribution in [2.45, 2.75) is 52.6 Å². The van der Waals surface area contributed by atoms with E-state index in [0.29, 0.717) is 6.42 Å². The van der Waals surface area contributed by atoms with Crippen LogP contribution in [0.2, 0.25) is 0 Å². The molecule has 0 bridgehead atoms. The van der Waals surface area contributed by atoms with E-state index in [1.807, 2.05) is 20.8 Å². The number of halogens is 1. The number of alkyl halides is 1. The molecule has 0 aliphatic rings. The van der Waals surface area contributed by atoms with Gasteiger partial charge in [0.2, 0.25) is 5.91 Å². The van der Waals surface area contributed by atoms with Crippen molar-refractivity contribution in [3.05, 3.63) is 0 Å². The van der Waals surface area contributed by atoms with Gasteiger partial charge in [0.25, 0.3) is 0 Å². The fourth-order valence-electron chi connectivity index (χ4n) is 1.82. The maximum atomic E-state index is 13.4. The summed E-state index contributed by atoms with van der Waals surface area (Å²) in [6, 6.07) is 0. The summed E-state index contributed by atoms with van der Waals surface area (Å²) in [7, 11) is 1.64. The molecule has 0 aromatic rings. The molecule has 0 rings (SSSR count). The highest BCUT2D eigenvalue weighted by Crippen LogP contribution is 2.23. The minimum absolute atomic E-state index is 0.00638. The lowest BCUT2D eigenvalue weighted by atomic mass is 9.90. The van der Waals surface area contributed by atoms with Crippen LogP contribution in [0.1, 0.15) is 46.5 Å². The predicted octanol–water partition coefficient (Wildman–Crippen LogP) is 2.92. The second kappa shape index (κ2) is 7.66. The van der Waals surface area contributed by atoms with Crippen LogP contribution in [0.5, 0.6) is 0 Å². The van der Waals surface area contributed by atoms with Crippen LogP contribution in [0.4, 0.5) is 4.39 Å². The van der Waals surface area contributed by atoms with Crippen LogP contribution in [-0.4, -0.2) is 19.1 Å². The van der Waals surface area contributed by atoms with Crippen molar-refractivity contribution in [1.29, 1.82) is 0 Å². The first-order chi connectivity index (χ1) is 7.06. The normalized spacial score (nSPS) is 16.9. The van der Waals surface area contributed by atoms with Crippen molar-refractivity contribution in [1.82, 2.24) is 5.32 Å². The molecule has 0 saturated heterocycles. The molecule has 1 N–H and O–H groups in total. The molecule has 0 fully saturated rings. The zero-order chi connectivity index (χ0) is 11.8. The summed E-state index contributed by atoms with van der Waals surface area (Å²) in [6.07, 6.45) is 2.30. The Hall–Kier alpha value is -0.600. The van der Waals surface area contributed by atoms with E-state index in [9.17, 15) is 9.18 Å². The Labute approximate surface area is 92.6 Å². The van der Waals surface area contributed by atoms with Crippen molar-refractivity contribution in [2.24, 2.45) is 11.8 Å². The minimum Gasteiger partial charge on any atom is -0.359 e. The first-order valence-electron chi connectivity index (χ1n) is 5.92. The maximum Gasteiger partial charge on any atom is 0.222 e. The van der Waals surface area contributed by atoms with Crippen LogP contribution in [0.15, 0.2) is 0 Å². The SMILES string of the molecule is CCC(F)C(CC)CC[C@@H](C)C(=O)NC. The van der Waals surface area contributed by atoms with Gasteiger partial charge in [-0.25, -0.2) is 4.39 Å². The monoisotopic (exact) mass is 217 g/mol. The number of nitrogens with one attached hydrogen (secondary N) is 1. The van der Waals surface area contributed by atoms with E-state index in [-0.39, 0.29) is 17.7 Å². The molecule has 2 nitrogen and oxygen atoms in total. The quantitative estimate of drug-likeness (QED) is 0.698. The summed E-state index contributed by atoms with van der Waals surface area (Å²) in [4.78, 5) is 11.2. The van der Waals surface area contributed by atoms with Crippen molar-refractivity contribution < 1.29 is 9.18 Å². The zero-order valence-electron chi connectivity index (χ0n) is 10.3. The lowest BCUT2D eigenvalue weighted by Crippen LogP contribution is -2.26. The Morgan fingerprint density at radius 1 is 1.27 bits per heavy atom. The Balaban J connectivity index is 3.95. The molecular weight excluding hydrogens is 193 g/mol. The fourth-order valence-corrected chi connectivity index (χ4v) is 1.82. The molecule has 2 unspecified atom stereocenters. The Kier molecular flexibility index (Phi) is 7.35. The summed E-state index contributed by atoms with van der Waals surface area (Å²) in [5.41, 5.74) is 0. The Bertz CT molecular complexity index is 184. The van der Waals surface area contributed by atoms with E-state index in [1.54, 1.807) is 7.05 Å². The van der Waals surface area contributed by atoms with E-state index >= 15 is 0 Å². The van der Waals surface area contributed by atoms with Crippen LogP contribution in [0.25, 0.3) is 0 Å². The third kappa shape index (κ3) is 5.14. The smallest absolute Gasteiger partial charge is 0.222 e. The van der Waals surface area contributed by atoms with Gasteiger partial charge < -0.3 is 5.32 Å². The molecule has 15 heavy (non-hydrogen) atoms. The summed E-state index contributed by atoms with van der Waals surface area (Å²) in [5.74, 6) is 0.159. The standard InChI is InChI=1S/C12H24FNO/c1-5-10(11(13)6-2)8-7-9(3)12(15)14-4/h9-11H,5-8H2,1-4H3,(H,14,15)/t9-,10?,11?/m1/s1. The third-order valence-electron chi connectivity index (χ3n) is 3.09. The molecule has 3 heteroatoms. The molecule has 0 saturated carbocycles. The van der Waals surface area contributed by atoms with Crippen LogP contribution >= 0.6 is 0 Å². The Morgan fingerprint density at radius 2 is 1.87 bits per heavy atom. The molecule has 0 aromatic carbocycles. The topological polar surface area (TPSA) is 29.1 Å². The number of rotatable bonds is 7. The number of hydrogen-bond donors (Lipinski definition) is 1. The van der Waals surface area contributed by atoms with Crippen LogP contribution in [0, 0.1) is 11.8 Å². The number of carbonyl (C=O) groups excluding carboxylic acids is 1. The molecule has 3 atom stereocenters. The largest absolute Gasteiger partial charge is 0.359 e. The second-order valence-corrected chi connectivity index (χ2v) is 4.19. The van der Waals surface area contributed by atoms with Gasteiger partial charge in [0.1, 0.15) is 6.17 Å². The first-order valence-corrected chi connectivity index (χ1v) is 5.92. The highest BCUT2D eigenvalue weighted by molar-refractivity contribution is 5.77. The van der Waals surface area contributed by atoms with E-state index in [1.165, 1.54) is 0 Å². The van der Waals surface area contributed by atoms with E-state index in [4.69, 9.17) is 0 Å². The molecular formula is C12H24FNO. The highest BCUT2D eigenvalue weighted by Gasteiger charge is 2.19. The van der Waals surface area contributed by atoms with Crippen LogP contribution in [0.3, 0.4) is 0 Å². The molecule has 90 valence electrons. The van der Waals surface area contributed by atoms with Gasteiger partial charge in [0, 0.05) is 13.0 Å². The molecule has 0 aliphatic carbocycles. The predicted molar refractivity (Wildman–Crippen MR) is 61.4 cm³/mol. The summed E-state index contributed by atoms with van der Waals surface area (Å²) in [5, 5.41) is 2.62. The van der Waals surface area contributed by atoms with Crippen molar-refractivity contribution >= 4 is 5.91 Å². The first kappa shape index (κ1) is 14.4. The third-order valence-corrected chi connectivity index (χ3v) is 3.09. The summed E-state index contributed by atoms with van der Waals surface area (Å²) < 4.78 is 13.4.